The van der Waals surface area contributed by atoms with Gasteiger partial charge in [-0.05, 0) is 43.2 Å². The number of nitrogens with zero attached hydrogens (tertiary/aromatic N) is 1. The molecular weight excluding hydrogens is 420 g/mol. The highest BCUT2D eigenvalue weighted by atomic mass is 35.5. The highest BCUT2D eigenvalue weighted by molar-refractivity contribution is 6.30. The lowest BCUT2D eigenvalue weighted by Gasteiger charge is -2.08. The zero-order chi connectivity index (χ0) is 22.2. The number of hydrogen-bond acceptors (Lipinski definition) is 6. The van der Waals surface area contributed by atoms with Crippen LogP contribution in [0.4, 0.5) is 5.88 Å². The van der Waals surface area contributed by atoms with Gasteiger partial charge in [0.1, 0.15) is 11.4 Å². The fourth-order valence-electron chi connectivity index (χ4n) is 2.93. The summed E-state index contributed by atoms with van der Waals surface area (Å²) in [5.41, 5.74) is 2.08. The molecule has 0 saturated carbocycles. The van der Waals surface area contributed by atoms with Crippen LogP contribution >= 0.6 is 11.6 Å². The Morgan fingerprint density at radius 2 is 1.77 bits per heavy atom. The van der Waals surface area contributed by atoms with Crippen LogP contribution in [0.25, 0.3) is 11.3 Å². The molecule has 0 unspecified atom stereocenters. The summed E-state index contributed by atoms with van der Waals surface area (Å²) in [6.07, 6.45) is 2.04. The molecule has 0 bridgehead atoms. The number of esters is 1. The van der Waals surface area contributed by atoms with Gasteiger partial charge < -0.3 is 14.0 Å². The molecule has 0 aliphatic carbocycles. The number of carbonyl (C=O) groups is 2. The minimum absolute atomic E-state index is 0.0291. The number of ether oxygens (including phenoxy) is 2. The molecule has 3 aromatic rings. The lowest BCUT2D eigenvalue weighted by atomic mass is 10.1. The Kier molecular flexibility index (Phi) is 7.67. The van der Waals surface area contributed by atoms with E-state index >= 15 is 0 Å². The number of amides is 1. The predicted molar refractivity (Wildman–Crippen MR) is 117 cm³/mol. The summed E-state index contributed by atoms with van der Waals surface area (Å²) in [6.45, 7) is 3.70. The van der Waals surface area contributed by atoms with E-state index in [1.165, 1.54) is 5.56 Å². The molecule has 1 heterocycles. The van der Waals surface area contributed by atoms with Crippen molar-refractivity contribution in [2.24, 2.45) is 0 Å². The maximum atomic E-state index is 12.5. The summed E-state index contributed by atoms with van der Waals surface area (Å²) >= 11 is 5.93. The Balaban J connectivity index is 1.73. The number of aromatic nitrogens is 1. The highest BCUT2D eigenvalue weighted by Crippen LogP contribution is 2.30. The number of aryl methyl sites for hydroxylation is 1. The normalized spacial score (nSPS) is 10.5. The molecule has 1 aromatic heterocycles. The van der Waals surface area contributed by atoms with Crippen molar-refractivity contribution in [3.63, 3.8) is 0 Å². The molecule has 1 N–H and O–H groups in total. The van der Waals surface area contributed by atoms with Crippen LogP contribution < -0.4 is 10.1 Å². The molecule has 3 rings (SSSR count). The van der Waals surface area contributed by atoms with Gasteiger partial charge in [-0.3, -0.25) is 10.1 Å². The van der Waals surface area contributed by atoms with E-state index in [0.29, 0.717) is 16.3 Å². The lowest BCUT2D eigenvalue weighted by Crippen LogP contribution is -2.21. The number of nitrogens with one attached hydrogen (secondary N) is 1. The molecule has 162 valence electrons. The van der Waals surface area contributed by atoms with Gasteiger partial charge in [0.25, 0.3) is 5.91 Å². The Morgan fingerprint density at radius 1 is 1.06 bits per heavy atom. The minimum Gasteiger partial charge on any atom is -0.484 e. The van der Waals surface area contributed by atoms with Gasteiger partial charge in [0.15, 0.2) is 12.2 Å². The topological polar surface area (TPSA) is 90.7 Å². The molecule has 8 heteroatoms. The van der Waals surface area contributed by atoms with Crippen molar-refractivity contribution in [3.05, 3.63) is 64.7 Å². The third kappa shape index (κ3) is 5.86. The van der Waals surface area contributed by atoms with E-state index in [1.807, 2.05) is 24.3 Å². The van der Waals surface area contributed by atoms with Crippen LogP contribution in [0, 0.1) is 0 Å². The van der Waals surface area contributed by atoms with Crippen molar-refractivity contribution in [2.45, 2.75) is 26.7 Å². The summed E-state index contributed by atoms with van der Waals surface area (Å²) in [5.74, 6) is -0.686. The second kappa shape index (κ2) is 10.6. The fraction of sp³-hybridized carbons (Fsp3) is 0.261. The number of anilines is 1. The van der Waals surface area contributed by atoms with Gasteiger partial charge in [0.05, 0.1) is 6.61 Å². The Hall–Kier alpha value is -3.32. The van der Waals surface area contributed by atoms with Gasteiger partial charge in [0, 0.05) is 10.6 Å². The summed E-state index contributed by atoms with van der Waals surface area (Å²) in [5, 5.41) is 7.02. The molecule has 0 radical (unpaired) electrons. The van der Waals surface area contributed by atoms with Crippen molar-refractivity contribution >= 4 is 29.4 Å². The summed E-state index contributed by atoms with van der Waals surface area (Å²) in [7, 11) is 0. The molecule has 7 nitrogen and oxygen atoms in total. The predicted octanol–water partition coefficient (Wildman–Crippen LogP) is 5.14. The quantitative estimate of drug-likeness (QED) is 0.461. The zero-order valence-corrected chi connectivity index (χ0v) is 18.1. The molecule has 1 amide bonds. The smallest absolute Gasteiger partial charge is 0.346 e. The molecule has 0 spiro atoms. The first-order valence-electron chi connectivity index (χ1n) is 9.96. The van der Waals surface area contributed by atoms with Crippen LogP contribution in [0.2, 0.25) is 5.02 Å². The second-order valence-electron chi connectivity index (χ2n) is 6.69. The molecule has 31 heavy (non-hydrogen) atoms. The molecule has 0 fully saturated rings. The van der Waals surface area contributed by atoms with Crippen molar-refractivity contribution in [3.8, 4) is 17.0 Å². The van der Waals surface area contributed by atoms with Crippen LogP contribution in [-0.2, 0) is 16.0 Å². The fourth-order valence-corrected chi connectivity index (χ4v) is 3.05. The Bertz CT molecular complexity index is 1030. The number of benzene rings is 2. The van der Waals surface area contributed by atoms with Crippen molar-refractivity contribution in [2.75, 3.05) is 18.5 Å². The molecule has 2 aromatic carbocycles. The van der Waals surface area contributed by atoms with Gasteiger partial charge in [-0.2, -0.15) is 0 Å². The van der Waals surface area contributed by atoms with Gasteiger partial charge in [-0.15, -0.1) is 0 Å². The van der Waals surface area contributed by atoms with Crippen molar-refractivity contribution < 1.29 is 23.6 Å². The van der Waals surface area contributed by atoms with Crippen molar-refractivity contribution in [1.82, 2.24) is 5.16 Å². The highest BCUT2D eigenvalue weighted by Gasteiger charge is 2.26. The third-order valence-corrected chi connectivity index (χ3v) is 4.63. The zero-order valence-electron chi connectivity index (χ0n) is 17.3. The second-order valence-corrected chi connectivity index (χ2v) is 7.13. The first-order valence-corrected chi connectivity index (χ1v) is 10.3. The van der Waals surface area contributed by atoms with E-state index in [4.69, 9.17) is 25.6 Å². The minimum atomic E-state index is -0.656. The molecule has 0 aliphatic heterocycles. The van der Waals surface area contributed by atoms with Crippen molar-refractivity contribution in [1.29, 1.82) is 0 Å². The first kappa shape index (κ1) is 22.4. The van der Waals surface area contributed by atoms with Gasteiger partial charge in [-0.25, -0.2) is 4.79 Å². The van der Waals surface area contributed by atoms with E-state index < -0.39 is 11.9 Å². The number of carbonyl (C=O) groups excluding carboxylic acids is 2. The Morgan fingerprint density at radius 3 is 2.42 bits per heavy atom. The maximum absolute atomic E-state index is 12.5. The van der Waals surface area contributed by atoms with Crippen LogP contribution in [0.1, 0.15) is 36.2 Å². The van der Waals surface area contributed by atoms with E-state index in [0.717, 1.165) is 12.8 Å². The molecule has 0 saturated heterocycles. The average molecular weight is 443 g/mol. The van der Waals surface area contributed by atoms with Gasteiger partial charge in [0.2, 0.25) is 5.88 Å². The van der Waals surface area contributed by atoms with Crippen LogP contribution in [0.15, 0.2) is 53.1 Å². The largest absolute Gasteiger partial charge is 0.484 e. The lowest BCUT2D eigenvalue weighted by molar-refractivity contribution is -0.118. The van der Waals surface area contributed by atoms with Gasteiger partial charge in [-0.1, -0.05) is 54.4 Å². The Labute approximate surface area is 185 Å². The molecule has 0 aliphatic rings. The standard InChI is InChI=1S/C23H23ClN2O5/c1-3-5-15-6-12-18(13-7-15)30-14-19(27)25-22-20(23(28)29-4-2)21(26-31-22)16-8-10-17(24)11-9-16/h6-13H,3-5,14H2,1-2H3,(H,25,27). The average Bonchev–Trinajstić information content (AvgIpc) is 3.17. The molecule has 0 atom stereocenters. The van der Waals surface area contributed by atoms with E-state index in [2.05, 4.69) is 17.4 Å². The van der Waals surface area contributed by atoms with E-state index in [9.17, 15) is 9.59 Å². The summed E-state index contributed by atoms with van der Waals surface area (Å²) in [6, 6.07) is 14.3. The van der Waals surface area contributed by atoms with Crippen LogP contribution in [0.5, 0.6) is 5.75 Å². The summed E-state index contributed by atoms with van der Waals surface area (Å²) in [4.78, 5) is 24.9. The van der Waals surface area contributed by atoms with E-state index in [1.54, 1.807) is 31.2 Å². The number of rotatable bonds is 9. The van der Waals surface area contributed by atoms with Crippen LogP contribution in [0.3, 0.4) is 0 Å². The monoisotopic (exact) mass is 442 g/mol. The van der Waals surface area contributed by atoms with Gasteiger partial charge >= 0.3 is 5.97 Å². The van der Waals surface area contributed by atoms with Crippen LogP contribution in [-0.4, -0.2) is 30.2 Å². The third-order valence-electron chi connectivity index (χ3n) is 4.37. The molecular formula is C23H23ClN2O5. The summed E-state index contributed by atoms with van der Waals surface area (Å²) < 4.78 is 15.9. The number of hydrogen-bond donors (Lipinski definition) is 1. The number of halogens is 1. The maximum Gasteiger partial charge on any atom is 0.346 e. The SMILES string of the molecule is CCCc1ccc(OCC(=O)Nc2onc(-c3ccc(Cl)cc3)c2C(=O)OCC)cc1. The van der Waals surface area contributed by atoms with E-state index in [-0.39, 0.29) is 30.4 Å². The first-order chi connectivity index (χ1) is 15.0.